The minimum absolute atomic E-state index is 0.0820. The Hall–Kier alpha value is -1.71. The molecule has 1 aromatic heterocycles. The first-order valence-corrected chi connectivity index (χ1v) is 9.91. The van der Waals surface area contributed by atoms with Gasteiger partial charge in [0, 0.05) is 12.0 Å². The molecular weight excluding hydrogens is 371 g/mol. The Morgan fingerprint density at radius 3 is 2.92 bits per heavy atom. The van der Waals surface area contributed by atoms with Crippen molar-refractivity contribution in [2.75, 3.05) is 10.0 Å². The van der Waals surface area contributed by atoms with Crippen LogP contribution in [0.15, 0.2) is 27.8 Å². The second kappa shape index (κ2) is 6.30. The Morgan fingerprint density at radius 1 is 1.50 bits per heavy atom. The number of sulfonamides is 1. The zero-order chi connectivity index (χ0) is 17.5. The molecule has 0 radical (unpaired) electrons. The van der Waals surface area contributed by atoms with Gasteiger partial charge in [-0.25, -0.2) is 12.8 Å². The number of halogens is 1. The number of nitrogens with one attached hydrogen (secondary N) is 2. The predicted octanol–water partition coefficient (Wildman–Crippen LogP) is 3.65. The summed E-state index contributed by atoms with van der Waals surface area (Å²) in [5.74, 6) is -0.640. The fourth-order valence-electron chi connectivity index (χ4n) is 2.55. The average Bonchev–Trinajstić information content (AvgIpc) is 2.99. The summed E-state index contributed by atoms with van der Waals surface area (Å²) in [6.45, 7) is 3.42. The van der Waals surface area contributed by atoms with Crippen LogP contribution >= 0.6 is 23.6 Å². The smallest absolute Gasteiger partial charge is 0.271 e. The highest BCUT2D eigenvalue weighted by molar-refractivity contribution is 7.94. The van der Waals surface area contributed by atoms with Crippen molar-refractivity contribution in [2.24, 2.45) is 0 Å². The third-order valence-corrected chi connectivity index (χ3v) is 6.59. The van der Waals surface area contributed by atoms with E-state index in [2.05, 4.69) is 10.0 Å². The van der Waals surface area contributed by atoms with E-state index in [0.29, 0.717) is 12.1 Å². The molecule has 0 fully saturated rings. The van der Waals surface area contributed by atoms with Crippen molar-refractivity contribution >= 4 is 50.1 Å². The van der Waals surface area contributed by atoms with Crippen LogP contribution in [0.25, 0.3) is 0 Å². The monoisotopic (exact) mass is 386 g/mol. The lowest BCUT2D eigenvalue weighted by Gasteiger charge is -2.15. The van der Waals surface area contributed by atoms with Crippen molar-refractivity contribution in [3.63, 3.8) is 0 Å². The number of rotatable bonds is 3. The Bertz CT molecular complexity index is 895. The second-order valence-corrected chi connectivity index (χ2v) is 8.71. The third kappa shape index (κ3) is 3.24. The minimum atomic E-state index is -3.82. The largest absolute Gasteiger partial charge is 0.467 e. The van der Waals surface area contributed by atoms with Crippen LogP contribution < -0.4 is 10.0 Å². The van der Waals surface area contributed by atoms with Gasteiger partial charge in [0.25, 0.3) is 15.2 Å². The van der Waals surface area contributed by atoms with Crippen LogP contribution in [0.5, 0.6) is 0 Å². The summed E-state index contributed by atoms with van der Waals surface area (Å²) >= 11 is 6.13. The molecule has 2 heterocycles. The highest BCUT2D eigenvalue weighted by Gasteiger charge is 2.25. The molecule has 0 amide bonds. The molecule has 0 bridgehead atoms. The van der Waals surface area contributed by atoms with Gasteiger partial charge in [-0.1, -0.05) is 6.07 Å². The van der Waals surface area contributed by atoms with Crippen molar-refractivity contribution in [3.05, 3.63) is 40.5 Å². The molecule has 0 saturated heterocycles. The summed E-state index contributed by atoms with van der Waals surface area (Å²) in [6.07, 6.45) is 0.287. The number of ether oxygens (including phenoxy) is 1. The molecule has 1 atom stereocenters. The Morgan fingerprint density at radius 2 is 2.25 bits per heavy atom. The van der Waals surface area contributed by atoms with Crippen molar-refractivity contribution in [3.8, 4) is 0 Å². The maximum atomic E-state index is 14.7. The maximum absolute atomic E-state index is 14.7. The van der Waals surface area contributed by atoms with Crippen molar-refractivity contribution in [2.45, 2.75) is 30.6 Å². The Kier molecular flexibility index (Phi) is 4.50. The summed E-state index contributed by atoms with van der Waals surface area (Å²) in [7, 11) is -3.82. The van der Waals surface area contributed by atoms with Crippen LogP contribution in [0, 0.1) is 12.7 Å². The minimum Gasteiger partial charge on any atom is -0.467 e. The zero-order valence-corrected chi connectivity index (χ0v) is 15.4. The average molecular weight is 386 g/mol. The van der Waals surface area contributed by atoms with Gasteiger partial charge in [0.15, 0.2) is 5.82 Å². The van der Waals surface area contributed by atoms with Gasteiger partial charge in [-0.05, 0) is 49.1 Å². The molecule has 0 aliphatic carbocycles. The lowest BCUT2D eigenvalue weighted by atomic mass is 10.0. The van der Waals surface area contributed by atoms with E-state index in [4.69, 9.17) is 17.0 Å². The maximum Gasteiger partial charge on any atom is 0.271 e. The predicted molar refractivity (Wildman–Crippen MR) is 96.7 cm³/mol. The number of hydrogen-bond donors (Lipinski definition) is 2. The topological polar surface area (TPSA) is 67.4 Å². The van der Waals surface area contributed by atoms with Crippen molar-refractivity contribution in [1.82, 2.24) is 0 Å². The van der Waals surface area contributed by atoms with E-state index in [1.54, 1.807) is 18.4 Å². The lowest BCUT2D eigenvalue weighted by Crippen LogP contribution is -2.17. The molecule has 1 aliphatic rings. The van der Waals surface area contributed by atoms with Gasteiger partial charge in [0.05, 0.1) is 11.4 Å². The fraction of sp³-hybridized carbons (Fsp3) is 0.267. The molecule has 9 heteroatoms. The standard InChI is InChI=1S/C15H15FN2O3S3/c1-8-6-10-7-11(18-24(19,20)12-4-3-5-23-12)13(16)9(2)14(10)17-15(22)21-8/h3-5,7-8,18H,6H2,1-2H3,(H,17,22). The summed E-state index contributed by atoms with van der Waals surface area (Å²) in [4.78, 5) is 0. The van der Waals surface area contributed by atoms with Crippen LogP contribution in [-0.2, 0) is 21.2 Å². The molecule has 0 saturated carbocycles. The molecule has 2 N–H and O–H groups in total. The van der Waals surface area contributed by atoms with E-state index in [9.17, 15) is 12.8 Å². The van der Waals surface area contributed by atoms with Gasteiger partial charge in [-0.3, -0.25) is 4.72 Å². The van der Waals surface area contributed by atoms with Gasteiger partial charge in [-0.15, -0.1) is 11.3 Å². The normalized spacial score (nSPS) is 17.5. The van der Waals surface area contributed by atoms with Gasteiger partial charge >= 0.3 is 0 Å². The first-order chi connectivity index (χ1) is 11.3. The van der Waals surface area contributed by atoms with Crippen LogP contribution in [0.4, 0.5) is 15.8 Å². The first kappa shape index (κ1) is 17.1. The van der Waals surface area contributed by atoms with Crippen LogP contribution in [0.1, 0.15) is 18.1 Å². The van der Waals surface area contributed by atoms with E-state index in [1.807, 2.05) is 6.92 Å². The van der Waals surface area contributed by atoms with Crippen LogP contribution in [-0.4, -0.2) is 19.7 Å². The lowest BCUT2D eigenvalue weighted by molar-refractivity contribution is 0.217. The highest BCUT2D eigenvalue weighted by Crippen LogP contribution is 2.34. The summed E-state index contributed by atoms with van der Waals surface area (Å²) in [5.41, 5.74) is 1.48. The molecule has 3 rings (SSSR count). The number of benzene rings is 1. The quantitative estimate of drug-likeness (QED) is 0.788. The van der Waals surface area contributed by atoms with E-state index in [0.717, 1.165) is 16.9 Å². The fourth-order valence-corrected chi connectivity index (χ4v) is 4.86. The molecule has 1 aliphatic heterocycles. The molecule has 2 aromatic rings. The van der Waals surface area contributed by atoms with E-state index in [-0.39, 0.29) is 26.7 Å². The van der Waals surface area contributed by atoms with Gasteiger partial charge in [0.2, 0.25) is 0 Å². The molecule has 0 spiro atoms. The first-order valence-electron chi connectivity index (χ1n) is 7.14. The summed E-state index contributed by atoms with van der Waals surface area (Å²) in [6, 6.07) is 4.59. The van der Waals surface area contributed by atoms with Crippen LogP contribution in [0.2, 0.25) is 0 Å². The SMILES string of the molecule is Cc1c(F)c(NS(=O)(=O)c2cccs2)cc2c1NC(=S)OC(C)C2. The molecule has 24 heavy (non-hydrogen) atoms. The van der Waals surface area contributed by atoms with E-state index >= 15 is 0 Å². The van der Waals surface area contributed by atoms with Gasteiger partial charge in [0.1, 0.15) is 10.3 Å². The number of hydrogen-bond acceptors (Lipinski definition) is 5. The third-order valence-electron chi connectivity index (χ3n) is 3.63. The molecule has 1 aromatic carbocycles. The molecule has 1 unspecified atom stereocenters. The summed E-state index contributed by atoms with van der Waals surface area (Å²) in [5, 5.41) is 4.70. The van der Waals surface area contributed by atoms with Crippen molar-refractivity contribution in [1.29, 1.82) is 0 Å². The number of thiophene rings is 1. The highest BCUT2D eigenvalue weighted by atomic mass is 32.2. The number of anilines is 2. The number of thiocarbonyl (C=S) groups is 1. The summed E-state index contributed by atoms with van der Waals surface area (Å²) < 4.78 is 47.3. The van der Waals surface area contributed by atoms with Gasteiger partial charge < -0.3 is 10.1 Å². The Balaban J connectivity index is 2.05. The molecule has 128 valence electrons. The molecular formula is C15H15FN2O3S3. The van der Waals surface area contributed by atoms with E-state index < -0.39 is 15.8 Å². The zero-order valence-electron chi connectivity index (χ0n) is 12.9. The van der Waals surface area contributed by atoms with Gasteiger partial charge in [-0.2, -0.15) is 0 Å². The molecule has 5 nitrogen and oxygen atoms in total. The Labute approximate surface area is 148 Å². The van der Waals surface area contributed by atoms with Crippen LogP contribution in [0.3, 0.4) is 0 Å². The number of fused-ring (bicyclic) bond motifs is 1. The second-order valence-electron chi connectivity index (χ2n) is 5.48. The van der Waals surface area contributed by atoms with E-state index in [1.165, 1.54) is 12.1 Å². The van der Waals surface area contributed by atoms with Crippen molar-refractivity contribution < 1.29 is 17.5 Å².